The Morgan fingerprint density at radius 2 is 1.76 bits per heavy atom. The van der Waals surface area contributed by atoms with Gasteiger partial charge in [-0.1, -0.05) is 6.07 Å². The summed E-state index contributed by atoms with van der Waals surface area (Å²) in [5.41, 5.74) is 0.824. The van der Waals surface area contributed by atoms with Crippen LogP contribution in [0.5, 0.6) is 0 Å². The molecule has 1 N–H and O–H groups in total. The highest BCUT2D eigenvalue weighted by atomic mass is 19.1. The van der Waals surface area contributed by atoms with Gasteiger partial charge in [0.2, 0.25) is 5.95 Å². The van der Waals surface area contributed by atoms with Crippen molar-refractivity contribution in [2.75, 3.05) is 36.4 Å². The van der Waals surface area contributed by atoms with E-state index in [1.54, 1.807) is 35.4 Å². The standard InChI is InChI=1S/C27H27F2N7O2/c1-27(2,3)38-26(37)36-11-9-35(10-12-36)19-6-7-22(31-15-19)33-25-32-16-21(29)24(34-25)18-13-17-5-4-8-30-23(17)20(28)14-18/h4-8,13-16H,9-12H2,1-3H3,(H,31,32,33,34). The molecular formula is C27H27F2N7O2. The third kappa shape index (κ3) is 5.61. The minimum absolute atomic E-state index is 0.0355. The van der Waals surface area contributed by atoms with Crippen LogP contribution >= 0.6 is 0 Å². The van der Waals surface area contributed by atoms with E-state index in [-0.39, 0.29) is 28.8 Å². The van der Waals surface area contributed by atoms with Crippen molar-refractivity contribution in [2.45, 2.75) is 26.4 Å². The average Bonchev–Trinajstić information content (AvgIpc) is 2.89. The third-order valence-corrected chi connectivity index (χ3v) is 5.96. The first-order valence-corrected chi connectivity index (χ1v) is 12.2. The molecule has 3 aromatic heterocycles. The van der Waals surface area contributed by atoms with Gasteiger partial charge in [-0.05, 0) is 51.1 Å². The molecule has 1 amide bonds. The van der Waals surface area contributed by atoms with E-state index in [9.17, 15) is 13.6 Å². The van der Waals surface area contributed by atoms with E-state index in [1.807, 2.05) is 26.8 Å². The average molecular weight is 520 g/mol. The van der Waals surface area contributed by atoms with Gasteiger partial charge < -0.3 is 19.9 Å². The summed E-state index contributed by atoms with van der Waals surface area (Å²) in [7, 11) is 0. The van der Waals surface area contributed by atoms with Gasteiger partial charge in [0.25, 0.3) is 0 Å². The predicted molar refractivity (Wildman–Crippen MR) is 140 cm³/mol. The molecule has 1 fully saturated rings. The van der Waals surface area contributed by atoms with Gasteiger partial charge in [0.1, 0.15) is 28.4 Å². The number of pyridine rings is 2. The smallest absolute Gasteiger partial charge is 0.410 e. The van der Waals surface area contributed by atoms with Crippen molar-refractivity contribution in [1.29, 1.82) is 0 Å². The minimum atomic E-state index is -0.674. The van der Waals surface area contributed by atoms with Gasteiger partial charge >= 0.3 is 6.09 Å². The summed E-state index contributed by atoms with van der Waals surface area (Å²) in [6.07, 6.45) is 3.94. The van der Waals surface area contributed by atoms with Crippen LogP contribution in [0.15, 0.2) is 55.0 Å². The number of hydrogen-bond acceptors (Lipinski definition) is 8. The number of benzene rings is 1. The number of carbonyl (C=O) groups excluding carboxylic acids is 1. The number of carbonyl (C=O) groups is 1. The Balaban J connectivity index is 1.26. The van der Waals surface area contributed by atoms with Gasteiger partial charge in [-0.3, -0.25) is 4.98 Å². The second kappa shape index (κ2) is 10.2. The molecule has 0 aliphatic carbocycles. The Bertz CT molecular complexity index is 1470. The highest BCUT2D eigenvalue weighted by Crippen LogP contribution is 2.28. The van der Waals surface area contributed by atoms with Crippen molar-refractivity contribution >= 4 is 34.4 Å². The van der Waals surface area contributed by atoms with Crippen LogP contribution < -0.4 is 10.2 Å². The maximum Gasteiger partial charge on any atom is 0.410 e. The Hall–Kier alpha value is -4.41. The van der Waals surface area contributed by atoms with Gasteiger partial charge in [-0.15, -0.1) is 0 Å². The minimum Gasteiger partial charge on any atom is -0.444 e. The van der Waals surface area contributed by atoms with E-state index in [1.165, 1.54) is 12.3 Å². The van der Waals surface area contributed by atoms with Crippen LogP contribution in [0.1, 0.15) is 20.8 Å². The molecule has 9 nitrogen and oxygen atoms in total. The highest BCUT2D eigenvalue weighted by molar-refractivity contribution is 5.84. The van der Waals surface area contributed by atoms with Gasteiger partial charge in [-0.25, -0.2) is 28.5 Å². The molecule has 0 unspecified atom stereocenters. The Morgan fingerprint density at radius 1 is 0.974 bits per heavy atom. The molecule has 38 heavy (non-hydrogen) atoms. The second-order valence-electron chi connectivity index (χ2n) is 9.90. The third-order valence-electron chi connectivity index (χ3n) is 5.96. The van der Waals surface area contributed by atoms with Crippen molar-refractivity contribution in [1.82, 2.24) is 24.8 Å². The van der Waals surface area contributed by atoms with Crippen LogP contribution in [-0.4, -0.2) is 62.7 Å². The van der Waals surface area contributed by atoms with Crippen LogP contribution in [0.3, 0.4) is 0 Å². The van der Waals surface area contributed by atoms with Crippen LogP contribution in [0.4, 0.5) is 31.0 Å². The number of aromatic nitrogens is 4. The molecule has 0 saturated carbocycles. The molecule has 0 spiro atoms. The Morgan fingerprint density at radius 3 is 2.47 bits per heavy atom. The van der Waals surface area contributed by atoms with Crippen LogP contribution in [-0.2, 0) is 4.74 Å². The fourth-order valence-electron chi connectivity index (χ4n) is 4.15. The van der Waals surface area contributed by atoms with Crippen LogP contribution in [0, 0.1) is 11.6 Å². The fraction of sp³-hybridized carbons (Fsp3) is 0.296. The van der Waals surface area contributed by atoms with Gasteiger partial charge in [0.05, 0.1) is 18.1 Å². The fourth-order valence-corrected chi connectivity index (χ4v) is 4.15. The molecular weight excluding hydrogens is 492 g/mol. The number of fused-ring (bicyclic) bond motifs is 1. The van der Waals surface area contributed by atoms with Gasteiger partial charge in [0.15, 0.2) is 5.82 Å². The summed E-state index contributed by atoms with van der Waals surface area (Å²) in [5, 5.41) is 3.51. The van der Waals surface area contributed by atoms with E-state index in [0.717, 1.165) is 11.9 Å². The van der Waals surface area contributed by atoms with E-state index >= 15 is 0 Å². The summed E-state index contributed by atoms with van der Waals surface area (Å²) in [6, 6.07) is 9.90. The molecule has 196 valence electrons. The van der Waals surface area contributed by atoms with Gasteiger partial charge in [0, 0.05) is 43.3 Å². The second-order valence-corrected chi connectivity index (χ2v) is 9.90. The molecule has 1 aliphatic rings. The maximum atomic E-state index is 14.6. The zero-order valence-electron chi connectivity index (χ0n) is 21.3. The zero-order chi connectivity index (χ0) is 26.9. The number of piperazine rings is 1. The molecule has 1 aromatic carbocycles. The van der Waals surface area contributed by atoms with E-state index in [0.29, 0.717) is 37.4 Å². The number of rotatable bonds is 4. The number of nitrogens with one attached hydrogen (secondary N) is 1. The molecule has 1 saturated heterocycles. The monoisotopic (exact) mass is 519 g/mol. The normalized spacial score (nSPS) is 14.0. The number of amides is 1. The van der Waals surface area contributed by atoms with E-state index in [4.69, 9.17) is 4.74 Å². The Kier molecular flexibility index (Phi) is 6.75. The molecule has 5 rings (SSSR count). The summed E-state index contributed by atoms with van der Waals surface area (Å²) < 4.78 is 34.6. The first-order chi connectivity index (χ1) is 18.2. The summed E-state index contributed by atoms with van der Waals surface area (Å²) in [5.74, 6) is -0.645. The summed E-state index contributed by atoms with van der Waals surface area (Å²) in [6.45, 7) is 7.94. The maximum absolute atomic E-state index is 14.6. The summed E-state index contributed by atoms with van der Waals surface area (Å²) in [4.78, 5) is 32.9. The van der Waals surface area contributed by atoms with Crippen LogP contribution in [0.25, 0.3) is 22.2 Å². The lowest BCUT2D eigenvalue weighted by Gasteiger charge is -2.36. The first kappa shape index (κ1) is 25.2. The van der Waals surface area contributed by atoms with E-state index in [2.05, 4.69) is 30.2 Å². The lowest BCUT2D eigenvalue weighted by molar-refractivity contribution is 0.0240. The van der Waals surface area contributed by atoms with Crippen molar-refractivity contribution in [3.05, 3.63) is 66.6 Å². The van der Waals surface area contributed by atoms with Crippen LogP contribution in [0.2, 0.25) is 0 Å². The number of ether oxygens (including phenoxy) is 1. The molecule has 1 aliphatic heterocycles. The number of hydrogen-bond donors (Lipinski definition) is 1. The highest BCUT2D eigenvalue weighted by Gasteiger charge is 2.26. The van der Waals surface area contributed by atoms with Gasteiger partial charge in [-0.2, -0.15) is 0 Å². The Labute approximate surface area is 218 Å². The number of halogens is 2. The molecule has 11 heteroatoms. The molecule has 0 atom stereocenters. The topological polar surface area (TPSA) is 96.4 Å². The summed E-state index contributed by atoms with van der Waals surface area (Å²) >= 11 is 0. The molecule has 0 bridgehead atoms. The predicted octanol–water partition coefficient (Wildman–Crippen LogP) is 5.17. The number of nitrogens with zero attached hydrogens (tertiary/aromatic N) is 6. The van der Waals surface area contributed by atoms with Crippen molar-refractivity contribution in [3.8, 4) is 11.3 Å². The molecule has 0 radical (unpaired) electrons. The van der Waals surface area contributed by atoms with E-state index < -0.39 is 17.2 Å². The molecule has 4 heterocycles. The van der Waals surface area contributed by atoms with Crippen molar-refractivity contribution < 1.29 is 18.3 Å². The largest absolute Gasteiger partial charge is 0.444 e. The van der Waals surface area contributed by atoms with Crippen molar-refractivity contribution in [2.24, 2.45) is 0 Å². The molecule has 4 aromatic rings. The lowest BCUT2D eigenvalue weighted by Crippen LogP contribution is -2.50. The lowest BCUT2D eigenvalue weighted by atomic mass is 10.1. The van der Waals surface area contributed by atoms with Crippen molar-refractivity contribution in [3.63, 3.8) is 0 Å². The zero-order valence-corrected chi connectivity index (χ0v) is 21.3. The quantitative estimate of drug-likeness (QED) is 0.395. The first-order valence-electron chi connectivity index (χ1n) is 12.2. The SMILES string of the molecule is CC(C)(C)OC(=O)N1CCN(c2ccc(Nc3ncc(F)c(-c4cc(F)c5ncccc5c4)n3)nc2)CC1. The number of anilines is 3.